The molecule has 0 heterocycles. The van der Waals surface area contributed by atoms with E-state index in [0.717, 1.165) is 19.3 Å². The van der Waals surface area contributed by atoms with Crippen LogP contribution in [0.5, 0.6) is 0 Å². The standard InChI is InChI=1S/C22H39NO5/c1-2-3-4-5-6-7-8-9-10-11-12-13-14-15-16-17-20(24)23-19(22(27)28)18-21(25)26/h6-7,19H,2-5,8-18H2,1H3,(H,23,24)(H,25,26)(H,27,28)/b7-6-. The smallest absolute Gasteiger partial charge is 0.326 e. The number of unbranched alkanes of at least 4 members (excludes halogenated alkanes) is 11. The van der Waals surface area contributed by atoms with E-state index in [4.69, 9.17) is 10.2 Å². The summed E-state index contributed by atoms with van der Waals surface area (Å²) >= 11 is 0. The summed E-state index contributed by atoms with van der Waals surface area (Å²) in [6.07, 6.45) is 19.4. The van der Waals surface area contributed by atoms with Crippen LogP contribution in [-0.4, -0.2) is 34.1 Å². The lowest BCUT2D eigenvalue weighted by Gasteiger charge is -2.12. The molecule has 1 unspecified atom stereocenters. The second kappa shape index (κ2) is 18.5. The van der Waals surface area contributed by atoms with Crippen molar-refractivity contribution in [2.24, 2.45) is 0 Å². The molecule has 0 aliphatic rings. The highest BCUT2D eigenvalue weighted by atomic mass is 16.4. The summed E-state index contributed by atoms with van der Waals surface area (Å²) in [5.74, 6) is -2.95. The van der Waals surface area contributed by atoms with E-state index in [1.807, 2.05) is 0 Å². The van der Waals surface area contributed by atoms with Crippen molar-refractivity contribution in [3.63, 3.8) is 0 Å². The zero-order chi connectivity index (χ0) is 21.0. The van der Waals surface area contributed by atoms with Gasteiger partial charge in [0.15, 0.2) is 0 Å². The molecule has 1 amide bonds. The summed E-state index contributed by atoms with van der Waals surface area (Å²) in [4.78, 5) is 33.2. The molecular weight excluding hydrogens is 358 g/mol. The average Bonchev–Trinajstić information content (AvgIpc) is 2.64. The number of rotatable bonds is 19. The van der Waals surface area contributed by atoms with Gasteiger partial charge in [-0.15, -0.1) is 0 Å². The fourth-order valence-electron chi connectivity index (χ4n) is 3.00. The van der Waals surface area contributed by atoms with E-state index in [0.29, 0.717) is 6.42 Å². The molecule has 0 rings (SSSR count). The van der Waals surface area contributed by atoms with Crippen molar-refractivity contribution in [3.8, 4) is 0 Å². The number of carbonyl (C=O) groups excluding carboxylic acids is 1. The maximum absolute atomic E-state index is 11.7. The van der Waals surface area contributed by atoms with Gasteiger partial charge in [0.05, 0.1) is 6.42 Å². The Hall–Kier alpha value is -1.85. The van der Waals surface area contributed by atoms with E-state index in [2.05, 4.69) is 24.4 Å². The second-order valence-corrected chi connectivity index (χ2v) is 7.39. The molecule has 0 aromatic carbocycles. The zero-order valence-corrected chi connectivity index (χ0v) is 17.5. The Balaban J connectivity index is 3.48. The van der Waals surface area contributed by atoms with Crippen LogP contribution in [0.3, 0.4) is 0 Å². The maximum Gasteiger partial charge on any atom is 0.326 e. The molecule has 0 saturated heterocycles. The van der Waals surface area contributed by atoms with Crippen molar-refractivity contribution in [1.82, 2.24) is 5.32 Å². The Morgan fingerprint density at radius 2 is 1.29 bits per heavy atom. The molecular formula is C22H39NO5. The predicted octanol–water partition coefficient (Wildman–Crippen LogP) is 5.07. The van der Waals surface area contributed by atoms with Gasteiger partial charge in [0.2, 0.25) is 5.91 Å². The first-order valence-corrected chi connectivity index (χ1v) is 10.9. The summed E-state index contributed by atoms with van der Waals surface area (Å²) in [5, 5.41) is 19.8. The van der Waals surface area contributed by atoms with Crippen molar-refractivity contribution >= 4 is 17.8 Å². The van der Waals surface area contributed by atoms with Crippen LogP contribution < -0.4 is 5.32 Å². The number of amides is 1. The fraction of sp³-hybridized carbons (Fsp3) is 0.773. The summed E-state index contributed by atoms with van der Waals surface area (Å²) in [7, 11) is 0. The molecule has 0 bridgehead atoms. The molecule has 0 aromatic rings. The summed E-state index contributed by atoms with van der Waals surface area (Å²) in [5.41, 5.74) is 0. The number of nitrogens with one attached hydrogen (secondary N) is 1. The number of carboxylic acids is 2. The second-order valence-electron chi connectivity index (χ2n) is 7.39. The Bertz CT molecular complexity index is 462. The van der Waals surface area contributed by atoms with Crippen LogP contribution in [0.25, 0.3) is 0 Å². The molecule has 0 saturated carbocycles. The number of allylic oxidation sites excluding steroid dienone is 2. The third kappa shape index (κ3) is 17.6. The van der Waals surface area contributed by atoms with Crippen molar-refractivity contribution in [1.29, 1.82) is 0 Å². The van der Waals surface area contributed by atoms with E-state index in [1.165, 1.54) is 57.8 Å². The van der Waals surface area contributed by atoms with Crippen LogP contribution in [0, 0.1) is 0 Å². The Morgan fingerprint density at radius 1 is 0.786 bits per heavy atom. The molecule has 0 fully saturated rings. The van der Waals surface area contributed by atoms with E-state index < -0.39 is 30.3 Å². The molecule has 28 heavy (non-hydrogen) atoms. The number of aliphatic carboxylic acids is 2. The van der Waals surface area contributed by atoms with Crippen LogP contribution >= 0.6 is 0 Å². The van der Waals surface area contributed by atoms with Crippen LogP contribution in [0.15, 0.2) is 12.2 Å². The molecule has 6 heteroatoms. The summed E-state index contributed by atoms with van der Waals surface area (Å²) in [6, 6.07) is -1.35. The van der Waals surface area contributed by atoms with Crippen LogP contribution in [0.2, 0.25) is 0 Å². The van der Waals surface area contributed by atoms with E-state index in [9.17, 15) is 14.4 Å². The van der Waals surface area contributed by atoms with Gasteiger partial charge < -0.3 is 15.5 Å². The summed E-state index contributed by atoms with van der Waals surface area (Å²) in [6.45, 7) is 2.22. The minimum Gasteiger partial charge on any atom is -0.481 e. The lowest BCUT2D eigenvalue weighted by Crippen LogP contribution is -2.42. The highest BCUT2D eigenvalue weighted by molar-refractivity contribution is 5.86. The van der Waals surface area contributed by atoms with E-state index >= 15 is 0 Å². The van der Waals surface area contributed by atoms with Gasteiger partial charge in [-0.2, -0.15) is 0 Å². The van der Waals surface area contributed by atoms with Crippen molar-refractivity contribution in [2.45, 2.75) is 109 Å². The molecule has 3 N–H and O–H groups in total. The van der Waals surface area contributed by atoms with Gasteiger partial charge in [0, 0.05) is 6.42 Å². The highest BCUT2D eigenvalue weighted by Crippen LogP contribution is 2.11. The predicted molar refractivity (Wildman–Crippen MR) is 111 cm³/mol. The topological polar surface area (TPSA) is 104 Å². The monoisotopic (exact) mass is 397 g/mol. The molecule has 6 nitrogen and oxygen atoms in total. The SMILES string of the molecule is CCCCC/C=C\CCCCCCCCCCC(=O)NC(CC(=O)O)C(=O)O. The number of carbonyl (C=O) groups is 3. The van der Waals surface area contributed by atoms with Gasteiger partial charge in [-0.3, -0.25) is 9.59 Å². The molecule has 0 spiro atoms. The first-order chi connectivity index (χ1) is 13.5. The third-order valence-electron chi connectivity index (χ3n) is 4.68. The first kappa shape index (κ1) is 26.1. The van der Waals surface area contributed by atoms with E-state index in [1.54, 1.807) is 0 Å². The largest absolute Gasteiger partial charge is 0.481 e. The third-order valence-corrected chi connectivity index (χ3v) is 4.68. The average molecular weight is 398 g/mol. The molecule has 0 aromatic heterocycles. The number of hydrogen-bond acceptors (Lipinski definition) is 3. The van der Waals surface area contributed by atoms with Crippen LogP contribution in [-0.2, 0) is 14.4 Å². The molecule has 0 radical (unpaired) electrons. The maximum atomic E-state index is 11.7. The molecule has 0 aliphatic carbocycles. The minimum absolute atomic E-state index is 0.244. The van der Waals surface area contributed by atoms with Crippen LogP contribution in [0.1, 0.15) is 103 Å². The van der Waals surface area contributed by atoms with Gasteiger partial charge in [0.25, 0.3) is 0 Å². The Labute approximate surface area is 169 Å². The molecule has 1 atom stereocenters. The normalized spacial score (nSPS) is 12.2. The lowest BCUT2D eigenvalue weighted by molar-refractivity contribution is -0.147. The Kier molecular flexibility index (Phi) is 17.3. The number of carboxylic acid groups (broad SMARTS) is 2. The quantitative estimate of drug-likeness (QED) is 0.209. The van der Waals surface area contributed by atoms with Crippen molar-refractivity contribution in [2.75, 3.05) is 0 Å². The molecule has 0 aliphatic heterocycles. The highest BCUT2D eigenvalue weighted by Gasteiger charge is 2.22. The van der Waals surface area contributed by atoms with Crippen LogP contribution in [0.4, 0.5) is 0 Å². The van der Waals surface area contributed by atoms with Gasteiger partial charge in [-0.05, 0) is 32.1 Å². The Morgan fingerprint density at radius 3 is 1.79 bits per heavy atom. The van der Waals surface area contributed by atoms with Gasteiger partial charge in [-0.25, -0.2) is 4.79 Å². The summed E-state index contributed by atoms with van der Waals surface area (Å²) < 4.78 is 0. The van der Waals surface area contributed by atoms with Gasteiger partial charge in [-0.1, -0.05) is 70.4 Å². The van der Waals surface area contributed by atoms with Gasteiger partial charge >= 0.3 is 11.9 Å². The van der Waals surface area contributed by atoms with Gasteiger partial charge in [0.1, 0.15) is 6.04 Å². The van der Waals surface area contributed by atoms with E-state index in [-0.39, 0.29) is 6.42 Å². The minimum atomic E-state index is -1.35. The van der Waals surface area contributed by atoms with Crippen molar-refractivity contribution < 1.29 is 24.6 Å². The number of hydrogen-bond donors (Lipinski definition) is 3. The first-order valence-electron chi connectivity index (χ1n) is 10.9. The van der Waals surface area contributed by atoms with Crippen molar-refractivity contribution in [3.05, 3.63) is 12.2 Å². The molecule has 162 valence electrons. The fourth-order valence-corrected chi connectivity index (χ4v) is 3.00. The lowest BCUT2D eigenvalue weighted by atomic mass is 10.1. The zero-order valence-electron chi connectivity index (χ0n) is 17.5.